The van der Waals surface area contributed by atoms with E-state index in [4.69, 9.17) is 10.5 Å². The van der Waals surface area contributed by atoms with Crippen LogP contribution in [0.1, 0.15) is 31.7 Å². The fraction of sp³-hybridized carbons (Fsp3) is 0.562. The number of rotatable bonds is 5. The zero-order valence-corrected chi connectivity index (χ0v) is 12.5. The molecule has 0 spiro atoms. The van der Waals surface area contributed by atoms with Gasteiger partial charge < -0.3 is 20.9 Å². The van der Waals surface area contributed by atoms with Crippen LogP contribution in [0.15, 0.2) is 24.3 Å². The maximum absolute atomic E-state index is 12.3. The molecule has 0 saturated carbocycles. The Kier molecular flexibility index (Phi) is 5.20. The van der Waals surface area contributed by atoms with Crippen LogP contribution in [-0.2, 0) is 16.0 Å². The molecule has 1 heterocycles. The van der Waals surface area contributed by atoms with Gasteiger partial charge in [0.25, 0.3) is 0 Å². The Bertz CT molecular complexity index is 467. The van der Waals surface area contributed by atoms with Crippen molar-refractivity contribution in [3.63, 3.8) is 0 Å². The number of carbonyl (C=O) groups excluding carboxylic acids is 1. The highest BCUT2D eigenvalue weighted by Gasteiger charge is 2.36. The van der Waals surface area contributed by atoms with E-state index < -0.39 is 5.54 Å². The van der Waals surface area contributed by atoms with Crippen molar-refractivity contribution in [3.05, 3.63) is 29.8 Å². The van der Waals surface area contributed by atoms with Gasteiger partial charge in [0, 0.05) is 19.3 Å². The third kappa shape index (κ3) is 4.44. The van der Waals surface area contributed by atoms with Crippen LogP contribution >= 0.6 is 0 Å². The van der Waals surface area contributed by atoms with Gasteiger partial charge in [-0.3, -0.25) is 4.79 Å². The Morgan fingerprint density at radius 1 is 1.38 bits per heavy atom. The molecule has 2 rings (SSSR count). The molecule has 0 bridgehead atoms. The van der Waals surface area contributed by atoms with Crippen LogP contribution < -0.4 is 11.1 Å². The fourth-order valence-electron chi connectivity index (χ4n) is 2.45. The maximum atomic E-state index is 12.3. The molecule has 1 fully saturated rings. The highest BCUT2D eigenvalue weighted by atomic mass is 16.5. The molecule has 21 heavy (non-hydrogen) atoms. The summed E-state index contributed by atoms with van der Waals surface area (Å²) in [5.74, 6) is 0.189. The zero-order chi connectivity index (χ0) is 15.3. The third-order valence-corrected chi connectivity index (χ3v) is 4.02. The predicted octanol–water partition coefficient (Wildman–Crippen LogP) is 1.34. The van der Waals surface area contributed by atoms with Crippen LogP contribution in [-0.4, -0.2) is 35.8 Å². The van der Waals surface area contributed by atoms with Crippen LogP contribution in [0.3, 0.4) is 0 Å². The van der Waals surface area contributed by atoms with Crippen LogP contribution in [0.5, 0.6) is 5.75 Å². The molecule has 1 aliphatic heterocycles. The van der Waals surface area contributed by atoms with Crippen molar-refractivity contribution in [2.24, 2.45) is 5.73 Å². The molecule has 1 atom stereocenters. The number of nitrogens with two attached hydrogens (primary N) is 1. The van der Waals surface area contributed by atoms with Gasteiger partial charge in [0.1, 0.15) is 5.75 Å². The average Bonchev–Trinajstić information content (AvgIpc) is 2.47. The Balaban J connectivity index is 1.79. The smallest absolute Gasteiger partial charge is 0.240 e. The van der Waals surface area contributed by atoms with E-state index in [0.29, 0.717) is 26.1 Å². The Morgan fingerprint density at radius 2 is 2.00 bits per heavy atom. The van der Waals surface area contributed by atoms with E-state index in [1.165, 1.54) is 0 Å². The van der Waals surface area contributed by atoms with Gasteiger partial charge in [0.2, 0.25) is 5.91 Å². The largest absolute Gasteiger partial charge is 0.508 e. The highest BCUT2D eigenvalue weighted by Crippen LogP contribution is 2.18. The van der Waals surface area contributed by atoms with Gasteiger partial charge in [-0.2, -0.15) is 0 Å². The van der Waals surface area contributed by atoms with Gasteiger partial charge in [-0.15, -0.1) is 0 Å². The lowest BCUT2D eigenvalue weighted by Crippen LogP contribution is -2.58. The summed E-state index contributed by atoms with van der Waals surface area (Å²) >= 11 is 0. The second-order valence-corrected chi connectivity index (χ2v) is 5.85. The molecule has 0 aromatic heterocycles. The molecular weight excluding hydrogens is 268 g/mol. The summed E-state index contributed by atoms with van der Waals surface area (Å²) in [7, 11) is 0. The standard InChI is InChI=1S/C16H24N2O3/c1-12(2-3-13-4-6-14(19)7-5-13)18-15(20)16(17)8-10-21-11-9-16/h4-7,12,19H,2-3,8-11,17H2,1H3,(H,18,20). The topological polar surface area (TPSA) is 84.6 Å². The number of hydrogen-bond donors (Lipinski definition) is 3. The van der Waals surface area contributed by atoms with E-state index in [-0.39, 0.29) is 17.7 Å². The summed E-state index contributed by atoms with van der Waals surface area (Å²) < 4.78 is 5.25. The minimum atomic E-state index is -0.787. The molecule has 1 aliphatic rings. The quantitative estimate of drug-likeness (QED) is 0.764. The summed E-state index contributed by atoms with van der Waals surface area (Å²) in [4.78, 5) is 12.3. The van der Waals surface area contributed by atoms with Crippen LogP contribution in [0, 0.1) is 0 Å². The predicted molar refractivity (Wildman–Crippen MR) is 81.0 cm³/mol. The lowest BCUT2D eigenvalue weighted by atomic mass is 9.90. The summed E-state index contributed by atoms with van der Waals surface area (Å²) in [5.41, 5.74) is 6.51. The van der Waals surface area contributed by atoms with Gasteiger partial charge in [0.05, 0.1) is 5.54 Å². The SMILES string of the molecule is CC(CCc1ccc(O)cc1)NC(=O)C1(N)CCOCC1. The van der Waals surface area contributed by atoms with Crippen molar-refractivity contribution in [1.29, 1.82) is 0 Å². The molecule has 1 unspecified atom stereocenters. The number of carbonyl (C=O) groups is 1. The molecule has 1 aromatic rings. The van der Waals surface area contributed by atoms with Gasteiger partial charge >= 0.3 is 0 Å². The first-order valence-corrected chi connectivity index (χ1v) is 7.45. The normalized spacial score (nSPS) is 19.0. The lowest BCUT2D eigenvalue weighted by molar-refractivity contribution is -0.130. The summed E-state index contributed by atoms with van der Waals surface area (Å²) in [6.07, 6.45) is 2.83. The molecule has 4 N–H and O–H groups in total. The van der Waals surface area contributed by atoms with Crippen molar-refractivity contribution in [2.45, 2.75) is 44.2 Å². The average molecular weight is 292 g/mol. The number of hydrogen-bond acceptors (Lipinski definition) is 4. The molecule has 1 saturated heterocycles. The third-order valence-electron chi connectivity index (χ3n) is 4.02. The van der Waals surface area contributed by atoms with Crippen molar-refractivity contribution < 1.29 is 14.6 Å². The highest BCUT2D eigenvalue weighted by molar-refractivity contribution is 5.86. The van der Waals surface area contributed by atoms with Crippen LogP contribution in [0.2, 0.25) is 0 Å². The first kappa shape index (κ1) is 15.8. The minimum absolute atomic E-state index is 0.0644. The van der Waals surface area contributed by atoms with Crippen molar-refractivity contribution in [1.82, 2.24) is 5.32 Å². The number of nitrogens with one attached hydrogen (secondary N) is 1. The van der Waals surface area contributed by atoms with Gasteiger partial charge in [0.15, 0.2) is 0 Å². The maximum Gasteiger partial charge on any atom is 0.240 e. The Morgan fingerprint density at radius 3 is 2.62 bits per heavy atom. The first-order chi connectivity index (χ1) is 9.99. The van der Waals surface area contributed by atoms with Crippen molar-refractivity contribution >= 4 is 5.91 Å². The monoisotopic (exact) mass is 292 g/mol. The summed E-state index contributed by atoms with van der Waals surface area (Å²) in [6, 6.07) is 7.21. The van der Waals surface area contributed by atoms with E-state index in [1.807, 2.05) is 19.1 Å². The Hall–Kier alpha value is -1.59. The second-order valence-electron chi connectivity index (χ2n) is 5.85. The molecule has 0 radical (unpaired) electrons. The van der Waals surface area contributed by atoms with Gasteiger partial charge in [-0.1, -0.05) is 12.1 Å². The number of amides is 1. The van der Waals surface area contributed by atoms with E-state index in [2.05, 4.69) is 5.32 Å². The van der Waals surface area contributed by atoms with E-state index in [9.17, 15) is 9.90 Å². The molecule has 5 heteroatoms. The summed E-state index contributed by atoms with van der Waals surface area (Å²) in [5, 5.41) is 12.2. The molecule has 0 aliphatic carbocycles. The number of phenolic OH excluding ortho intramolecular Hbond substituents is 1. The number of benzene rings is 1. The Labute approximate surface area is 125 Å². The summed E-state index contributed by atoms with van der Waals surface area (Å²) in [6.45, 7) is 3.08. The number of ether oxygens (including phenoxy) is 1. The molecule has 1 amide bonds. The molecule has 1 aromatic carbocycles. The molecule has 5 nitrogen and oxygen atoms in total. The minimum Gasteiger partial charge on any atom is -0.508 e. The molecular formula is C16H24N2O3. The van der Waals surface area contributed by atoms with Crippen molar-refractivity contribution in [3.8, 4) is 5.75 Å². The zero-order valence-electron chi connectivity index (χ0n) is 12.5. The van der Waals surface area contributed by atoms with Crippen LogP contribution in [0.4, 0.5) is 0 Å². The number of aromatic hydroxyl groups is 1. The van der Waals surface area contributed by atoms with Crippen LogP contribution in [0.25, 0.3) is 0 Å². The van der Waals surface area contributed by atoms with Gasteiger partial charge in [-0.25, -0.2) is 0 Å². The second kappa shape index (κ2) is 6.91. The van der Waals surface area contributed by atoms with E-state index in [0.717, 1.165) is 18.4 Å². The first-order valence-electron chi connectivity index (χ1n) is 7.45. The van der Waals surface area contributed by atoms with E-state index in [1.54, 1.807) is 12.1 Å². The van der Waals surface area contributed by atoms with E-state index >= 15 is 0 Å². The fourth-order valence-corrected chi connectivity index (χ4v) is 2.45. The van der Waals surface area contributed by atoms with Crippen molar-refractivity contribution in [2.75, 3.05) is 13.2 Å². The molecule has 116 valence electrons. The van der Waals surface area contributed by atoms with Gasteiger partial charge in [-0.05, 0) is 50.3 Å². The number of aryl methyl sites for hydroxylation is 1. The number of phenols is 1. The lowest BCUT2D eigenvalue weighted by Gasteiger charge is -2.33.